The van der Waals surface area contributed by atoms with Gasteiger partial charge in [-0.1, -0.05) is 26.2 Å². The van der Waals surface area contributed by atoms with Crippen LogP contribution in [0.15, 0.2) is 12.1 Å². The summed E-state index contributed by atoms with van der Waals surface area (Å²) in [6.45, 7) is 4.69. The monoisotopic (exact) mass is 290 g/mol. The molecule has 0 radical (unpaired) electrons. The third-order valence-electron chi connectivity index (χ3n) is 4.23. The molecule has 2 rings (SSSR count). The lowest BCUT2D eigenvalue weighted by molar-refractivity contribution is 0.0950. The highest BCUT2D eigenvalue weighted by Crippen LogP contribution is 2.29. The topological polar surface area (TPSA) is 66.9 Å². The van der Waals surface area contributed by atoms with Gasteiger partial charge in [-0.15, -0.1) is 10.2 Å². The van der Waals surface area contributed by atoms with Crippen LogP contribution in [0, 0.1) is 5.92 Å². The molecular formula is C16H26N4O. The normalized spacial score (nSPS) is 17.2. The second-order valence-electron chi connectivity index (χ2n) is 5.72. The van der Waals surface area contributed by atoms with Crippen molar-refractivity contribution < 1.29 is 4.79 Å². The van der Waals surface area contributed by atoms with E-state index < -0.39 is 0 Å². The van der Waals surface area contributed by atoms with E-state index in [4.69, 9.17) is 0 Å². The van der Waals surface area contributed by atoms with Crippen LogP contribution in [-0.4, -0.2) is 28.7 Å². The average Bonchev–Trinajstić information content (AvgIpc) is 2.54. The Morgan fingerprint density at radius 2 is 2.00 bits per heavy atom. The summed E-state index contributed by atoms with van der Waals surface area (Å²) in [5, 5.41) is 14.4. The van der Waals surface area contributed by atoms with Crippen molar-refractivity contribution in [2.75, 3.05) is 11.9 Å². The zero-order valence-corrected chi connectivity index (χ0v) is 13.1. The Morgan fingerprint density at radius 1 is 1.24 bits per heavy atom. The predicted molar refractivity (Wildman–Crippen MR) is 84.3 cm³/mol. The maximum absolute atomic E-state index is 11.6. The van der Waals surface area contributed by atoms with Gasteiger partial charge in [0.05, 0.1) is 0 Å². The third kappa shape index (κ3) is 4.41. The minimum Gasteiger partial charge on any atom is -0.366 e. The van der Waals surface area contributed by atoms with Gasteiger partial charge in [0.25, 0.3) is 5.91 Å². The first-order chi connectivity index (χ1) is 10.2. The zero-order valence-electron chi connectivity index (χ0n) is 13.1. The summed E-state index contributed by atoms with van der Waals surface area (Å²) in [6, 6.07) is 4.03. The van der Waals surface area contributed by atoms with Crippen LogP contribution in [0.1, 0.15) is 62.9 Å². The van der Waals surface area contributed by atoms with E-state index >= 15 is 0 Å². The van der Waals surface area contributed by atoms with E-state index in [1.54, 1.807) is 6.07 Å². The Bertz CT molecular complexity index is 440. The van der Waals surface area contributed by atoms with E-state index in [2.05, 4.69) is 27.8 Å². The smallest absolute Gasteiger partial charge is 0.271 e. The molecule has 1 amide bonds. The number of aromatic nitrogens is 2. The predicted octanol–water partition coefficient (Wildman–Crippen LogP) is 3.00. The number of carbonyl (C=O) groups is 1. The fourth-order valence-electron chi connectivity index (χ4n) is 3.06. The summed E-state index contributed by atoms with van der Waals surface area (Å²) in [7, 11) is 0. The van der Waals surface area contributed by atoms with Crippen LogP contribution in [0.3, 0.4) is 0 Å². The largest absolute Gasteiger partial charge is 0.366 e. The first-order valence-electron chi connectivity index (χ1n) is 8.13. The molecule has 1 saturated carbocycles. The van der Waals surface area contributed by atoms with Gasteiger partial charge in [-0.05, 0) is 44.2 Å². The number of amides is 1. The van der Waals surface area contributed by atoms with Crippen LogP contribution in [0.4, 0.5) is 5.82 Å². The quantitative estimate of drug-likeness (QED) is 0.845. The van der Waals surface area contributed by atoms with E-state index in [9.17, 15) is 4.79 Å². The minimum absolute atomic E-state index is 0.170. The van der Waals surface area contributed by atoms with Gasteiger partial charge in [0.15, 0.2) is 5.69 Å². The molecule has 1 unspecified atom stereocenters. The molecule has 5 nitrogen and oxygen atoms in total. The van der Waals surface area contributed by atoms with Crippen molar-refractivity contribution in [2.24, 2.45) is 5.92 Å². The van der Waals surface area contributed by atoms with Gasteiger partial charge in [0, 0.05) is 12.6 Å². The second kappa shape index (κ2) is 7.96. The Balaban J connectivity index is 1.96. The first kappa shape index (κ1) is 15.7. The fourth-order valence-corrected chi connectivity index (χ4v) is 3.06. The molecule has 0 saturated heterocycles. The van der Waals surface area contributed by atoms with E-state index in [-0.39, 0.29) is 5.91 Å². The lowest BCUT2D eigenvalue weighted by atomic mass is 9.83. The van der Waals surface area contributed by atoms with Crippen LogP contribution in [-0.2, 0) is 0 Å². The highest BCUT2D eigenvalue weighted by atomic mass is 16.1. The summed E-state index contributed by atoms with van der Waals surface area (Å²) in [5.41, 5.74) is 0.369. The molecule has 1 aromatic heterocycles. The number of carbonyl (C=O) groups excluding carboxylic acids is 1. The lowest BCUT2D eigenvalue weighted by Gasteiger charge is -2.30. The van der Waals surface area contributed by atoms with Crippen molar-refractivity contribution in [3.63, 3.8) is 0 Å². The summed E-state index contributed by atoms with van der Waals surface area (Å²) >= 11 is 0. The Hall–Kier alpha value is -1.65. The van der Waals surface area contributed by atoms with Gasteiger partial charge in [0.1, 0.15) is 5.82 Å². The number of nitrogens with zero attached hydrogens (tertiary/aromatic N) is 2. The molecule has 0 aliphatic heterocycles. The summed E-state index contributed by atoms with van der Waals surface area (Å²) in [6.07, 6.45) is 7.74. The second-order valence-corrected chi connectivity index (χ2v) is 5.72. The minimum atomic E-state index is -0.170. The molecule has 1 atom stereocenters. The summed E-state index contributed by atoms with van der Waals surface area (Å²) < 4.78 is 0. The molecule has 5 heteroatoms. The Morgan fingerprint density at radius 3 is 2.57 bits per heavy atom. The zero-order chi connectivity index (χ0) is 15.1. The van der Waals surface area contributed by atoms with Gasteiger partial charge in [0.2, 0.25) is 0 Å². The highest BCUT2D eigenvalue weighted by Gasteiger charge is 2.22. The molecule has 1 aliphatic carbocycles. The van der Waals surface area contributed by atoms with Gasteiger partial charge in [-0.2, -0.15) is 0 Å². The van der Waals surface area contributed by atoms with Crippen molar-refractivity contribution in [3.8, 4) is 0 Å². The van der Waals surface area contributed by atoms with Gasteiger partial charge in [-0.3, -0.25) is 4.79 Å². The number of hydrogen-bond donors (Lipinski definition) is 2. The molecule has 1 aliphatic rings. The van der Waals surface area contributed by atoms with Crippen LogP contribution >= 0.6 is 0 Å². The number of anilines is 1. The number of rotatable bonds is 6. The first-order valence-corrected chi connectivity index (χ1v) is 8.13. The molecule has 0 spiro atoms. The third-order valence-corrected chi connectivity index (χ3v) is 4.23. The number of hydrogen-bond acceptors (Lipinski definition) is 4. The molecule has 1 fully saturated rings. The maximum atomic E-state index is 11.6. The Kier molecular flexibility index (Phi) is 5.96. The summed E-state index contributed by atoms with van der Waals surface area (Å²) in [4.78, 5) is 11.6. The molecule has 0 aromatic carbocycles. The van der Waals surface area contributed by atoms with Crippen molar-refractivity contribution in [1.29, 1.82) is 0 Å². The van der Waals surface area contributed by atoms with E-state index in [0.717, 1.165) is 18.2 Å². The van der Waals surface area contributed by atoms with E-state index in [1.807, 2.05) is 13.0 Å². The van der Waals surface area contributed by atoms with Crippen LogP contribution in [0.25, 0.3) is 0 Å². The van der Waals surface area contributed by atoms with Crippen molar-refractivity contribution in [2.45, 2.75) is 58.4 Å². The molecular weight excluding hydrogens is 264 g/mol. The van der Waals surface area contributed by atoms with Crippen LogP contribution < -0.4 is 10.6 Å². The van der Waals surface area contributed by atoms with Crippen molar-refractivity contribution >= 4 is 11.7 Å². The fraction of sp³-hybridized carbons (Fsp3) is 0.688. The van der Waals surface area contributed by atoms with Gasteiger partial charge in [-0.25, -0.2) is 0 Å². The molecule has 21 heavy (non-hydrogen) atoms. The van der Waals surface area contributed by atoms with E-state index in [1.165, 1.54) is 32.1 Å². The SMILES string of the molecule is CCNC(=O)c1ccc(NC(CC)C2CCCCC2)nn1. The van der Waals surface area contributed by atoms with Crippen molar-refractivity contribution in [3.05, 3.63) is 17.8 Å². The maximum Gasteiger partial charge on any atom is 0.271 e. The highest BCUT2D eigenvalue weighted by molar-refractivity contribution is 5.92. The lowest BCUT2D eigenvalue weighted by Crippen LogP contribution is -2.30. The molecule has 116 valence electrons. The standard InChI is InChI=1S/C16H26N4O/c1-3-13(12-8-6-5-7-9-12)18-15-11-10-14(19-20-15)16(21)17-4-2/h10-13H,3-9H2,1-2H3,(H,17,21)(H,18,20). The van der Waals surface area contributed by atoms with Gasteiger partial charge < -0.3 is 10.6 Å². The molecule has 0 bridgehead atoms. The van der Waals surface area contributed by atoms with Crippen LogP contribution in [0.5, 0.6) is 0 Å². The molecule has 2 N–H and O–H groups in total. The van der Waals surface area contributed by atoms with E-state index in [0.29, 0.717) is 18.3 Å². The Labute approximate surface area is 126 Å². The average molecular weight is 290 g/mol. The van der Waals surface area contributed by atoms with Gasteiger partial charge >= 0.3 is 0 Å². The number of nitrogens with one attached hydrogen (secondary N) is 2. The van der Waals surface area contributed by atoms with Crippen LogP contribution in [0.2, 0.25) is 0 Å². The molecule has 1 aromatic rings. The van der Waals surface area contributed by atoms with Crippen molar-refractivity contribution in [1.82, 2.24) is 15.5 Å². The summed E-state index contributed by atoms with van der Waals surface area (Å²) in [5.74, 6) is 1.32. The molecule has 1 heterocycles.